The van der Waals surface area contributed by atoms with Gasteiger partial charge in [-0.15, -0.1) is 24.8 Å². The van der Waals surface area contributed by atoms with Gasteiger partial charge in [0.15, 0.2) is 6.61 Å². The average Bonchev–Trinajstić information content (AvgIpc) is 2.46. The molecule has 2 heterocycles. The quantitative estimate of drug-likeness (QED) is 0.828. The Morgan fingerprint density at radius 2 is 2.08 bits per heavy atom. The molecular formula is C14H20Cl2F3N3O2. The number of piperidine rings is 1. The van der Waals surface area contributed by atoms with Crippen molar-refractivity contribution in [1.82, 2.24) is 10.3 Å². The summed E-state index contributed by atoms with van der Waals surface area (Å²) >= 11 is 0. The molecule has 5 nitrogen and oxygen atoms in total. The minimum absolute atomic E-state index is 0. The lowest BCUT2D eigenvalue weighted by Gasteiger charge is -2.33. The van der Waals surface area contributed by atoms with E-state index in [0.29, 0.717) is 5.69 Å². The summed E-state index contributed by atoms with van der Waals surface area (Å²) in [6.45, 7) is 1.22. The van der Waals surface area contributed by atoms with Crippen molar-refractivity contribution in [2.24, 2.45) is 0 Å². The number of anilines is 1. The molecular weight excluding hydrogens is 370 g/mol. The number of nitrogens with zero attached hydrogens (tertiary/aromatic N) is 1. The Hall–Kier alpha value is -1.25. The lowest BCUT2D eigenvalue weighted by molar-refractivity contribution is -0.154. The zero-order chi connectivity index (χ0) is 16.2. The second-order valence-corrected chi connectivity index (χ2v) is 5.46. The van der Waals surface area contributed by atoms with Crippen LogP contribution < -0.4 is 15.4 Å². The van der Waals surface area contributed by atoms with Crippen molar-refractivity contribution in [3.63, 3.8) is 0 Å². The van der Waals surface area contributed by atoms with Gasteiger partial charge in [0.2, 0.25) is 11.8 Å². The number of carbonyl (C=O) groups is 1. The molecule has 1 aromatic heterocycles. The molecule has 2 rings (SSSR count). The number of hydrogen-bond acceptors (Lipinski definition) is 4. The molecule has 2 N–H and O–H groups in total. The van der Waals surface area contributed by atoms with Gasteiger partial charge in [0.25, 0.3) is 0 Å². The fourth-order valence-electron chi connectivity index (χ4n) is 2.21. The zero-order valence-corrected chi connectivity index (χ0v) is 14.6. The van der Waals surface area contributed by atoms with Crippen LogP contribution in [0.25, 0.3) is 0 Å². The van der Waals surface area contributed by atoms with Crippen LogP contribution in [0.2, 0.25) is 0 Å². The Morgan fingerprint density at radius 1 is 1.38 bits per heavy atom. The van der Waals surface area contributed by atoms with Crippen molar-refractivity contribution in [2.75, 3.05) is 18.5 Å². The van der Waals surface area contributed by atoms with E-state index in [2.05, 4.69) is 20.4 Å². The number of ether oxygens (including phenoxy) is 1. The van der Waals surface area contributed by atoms with Crippen molar-refractivity contribution < 1.29 is 22.7 Å². The maximum Gasteiger partial charge on any atom is 0.422 e. The van der Waals surface area contributed by atoms with Crippen LogP contribution in [-0.2, 0) is 4.79 Å². The molecule has 24 heavy (non-hydrogen) atoms. The number of alkyl halides is 3. The van der Waals surface area contributed by atoms with Crippen LogP contribution in [0.3, 0.4) is 0 Å². The van der Waals surface area contributed by atoms with E-state index in [4.69, 9.17) is 0 Å². The molecule has 1 fully saturated rings. The molecule has 1 amide bonds. The van der Waals surface area contributed by atoms with Gasteiger partial charge in [-0.2, -0.15) is 13.2 Å². The highest BCUT2D eigenvalue weighted by molar-refractivity contribution is 5.97. The lowest BCUT2D eigenvalue weighted by atomic mass is 9.90. The van der Waals surface area contributed by atoms with E-state index < -0.39 is 18.3 Å². The van der Waals surface area contributed by atoms with Crippen molar-refractivity contribution in [2.45, 2.75) is 37.9 Å². The summed E-state index contributed by atoms with van der Waals surface area (Å²) in [7, 11) is 0. The van der Waals surface area contributed by atoms with Gasteiger partial charge in [-0.25, -0.2) is 4.98 Å². The maximum absolute atomic E-state index is 12.2. The summed E-state index contributed by atoms with van der Waals surface area (Å²) in [5.41, 5.74) is -0.220. The predicted molar refractivity (Wildman–Crippen MR) is 89.2 cm³/mol. The Bertz CT molecular complexity index is 521. The van der Waals surface area contributed by atoms with Crippen molar-refractivity contribution in [1.29, 1.82) is 0 Å². The van der Waals surface area contributed by atoms with Crippen LogP contribution in [-0.4, -0.2) is 35.8 Å². The first-order chi connectivity index (χ1) is 10.3. The first-order valence-corrected chi connectivity index (χ1v) is 7.01. The first kappa shape index (κ1) is 22.8. The highest BCUT2D eigenvalue weighted by Gasteiger charge is 2.34. The molecule has 0 saturated carbocycles. The molecule has 1 aliphatic heterocycles. The summed E-state index contributed by atoms with van der Waals surface area (Å²) < 4.78 is 40.6. The van der Waals surface area contributed by atoms with Crippen LogP contribution >= 0.6 is 24.8 Å². The molecule has 0 spiro atoms. The van der Waals surface area contributed by atoms with E-state index in [1.165, 1.54) is 18.3 Å². The van der Waals surface area contributed by atoms with Gasteiger partial charge >= 0.3 is 6.18 Å². The van der Waals surface area contributed by atoms with E-state index in [-0.39, 0.29) is 36.6 Å². The van der Waals surface area contributed by atoms with Crippen molar-refractivity contribution in [3.8, 4) is 5.88 Å². The fraction of sp³-hybridized carbons (Fsp3) is 0.571. The van der Waals surface area contributed by atoms with Gasteiger partial charge in [-0.3, -0.25) is 4.79 Å². The molecule has 1 unspecified atom stereocenters. The summed E-state index contributed by atoms with van der Waals surface area (Å²) in [6.07, 6.45) is -0.389. The predicted octanol–water partition coefficient (Wildman–Crippen LogP) is 3.34. The minimum atomic E-state index is -4.41. The number of rotatable bonds is 4. The molecule has 1 atom stereocenters. The van der Waals surface area contributed by atoms with Gasteiger partial charge in [0.05, 0.1) is 17.4 Å². The highest BCUT2D eigenvalue weighted by atomic mass is 35.5. The maximum atomic E-state index is 12.2. The molecule has 10 heteroatoms. The second kappa shape index (κ2) is 9.29. The number of aromatic nitrogens is 1. The Balaban J connectivity index is 0.00000264. The SMILES string of the molecule is CC1(C(=O)Nc2ccc(OCC(F)(F)F)nc2)CCCCN1.Cl.Cl. The Morgan fingerprint density at radius 3 is 2.58 bits per heavy atom. The molecule has 1 aliphatic rings. The largest absolute Gasteiger partial charge is 0.468 e. The third kappa shape index (κ3) is 6.70. The number of carbonyl (C=O) groups excluding carboxylic acids is 1. The summed E-state index contributed by atoms with van der Waals surface area (Å²) in [4.78, 5) is 16.0. The third-order valence-electron chi connectivity index (χ3n) is 3.50. The Labute approximate surface area is 150 Å². The summed E-state index contributed by atoms with van der Waals surface area (Å²) in [5.74, 6) is -0.324. The van der Waals surface area contributed by atoms with E-state index >= 15 is 0 Å². The molecule has 1 aromatic rings. The lowest BCUT2D eigenvalue weighted by Crippen LogP contribution is -2.54. The van der Waals surface area contributed by atoms with Crippen LogP contribution in [0.4, 0.5) is 18.9 Å². The van der Waals surface area contributed by atoms with Gasteiger partial charge in [0.1, 0.15) is 0 Å². The molecule has 0 bridgehead atoms. The van der Waals surface area contributed by atoms with Crippen LogP contribution in [0.5, 0.6) is 5.88 Å². The topological polar surface area (TPSA) is 63.2 Å². The van der Waals surface area contributed by atoms with E-state index in [9.17, 15) is 18.0 Å². The van der Waals surface area contributed by atoms with E-state index in [0.717, 1.165) is 25.8 Å². The van der Waals surface area contributed by atoms with Crippen molar-refractivity contribution in [3.05, 3.63) is 18.3 Å². The molecule has 138 valence electrons. The minimum Gasteiger partial charge on any atom is -0.468 e. The second-order valence-electron chi connectivity index (χ2n) is 5.46. The molecule has 1 saturated heterocycles. The Kier molecular flexibility index (Phi) is 8.81. The molecule has 0 aromatic carbocycles. The standard InChI is InChI=1S/C14H18F3N3O2.2ClH/c1-13(6-2-3-7-19-13)12(21)20-10-4-5-11(18-8-10)22-9-14(15,16)17;;/h4-5,8,19H,2-3,6-7,9H2,1H3,(H,20,21);2*1H. The number of halogens is 5. The zero-order valence-electron chi connectivity index (χ0n) is 13.0. The van der Waals surface area contributed by atoms with Crippen molar-refractivity contribution >= 4 is 36.4 Å². The van der Waals surface area contributed by atoms with Gasteiger partial charge in [0, 0.05) is 6.07 Å². The van der Waals surface area contributed by atoms with Gasteiger partial charge in [-0.1, -0.05) is 0 Å². The number of hydrogen-bond donors (Lipinski definition) is 2. The third-order valence-corrected chi connectivity index (χ3v) is 3.50. The van der Waals surface area contributed by atoms with Gasteiger partial charge < -0.3 is 15.4 Å². The average molecular weight is 390 g/mol. The first-order valence-electron chi connectivity index (χ1n) is 7.01. The van der Waals surface area contributed by atoms with Gasteiger partial charge in [-0.05, 0) is 38.8 Å². The van der Waals surface area contributed by atoms with Crippen LogP contribution in [0.15, 0.2) is 18.3 Å². The van der Waals surface area contributed by atoms with E-state index in [1.807, 2.05) is 6.92 Å². The number of nitrogens with one attached hydrogen (secondary N) is 2. The number of pyridine rings is 1. The normalized spacial score (nSPS) is 20.3. The molecule has 0 aliphatic carbocycles. The van der Waals surface area contributed by atoms with Crippen LogP contribution in [0.1, 0.15) is 26.2 Å². The molecule has 0 radical (unpaired) electrons. The highest BCUT2D eigenvalue weighted by Crippen LogP contribution is 2.22. The fourth-order valence-corrected chi connectivity index (χ4v) is 2.21. The van der Waals surface area contributed by atoms with E-state index in [1.54, 1.807) is 0 Å². The smallest absolute Gasteiger partial charge is 0.422 e. The number of amides is 1. The summed E-state index contributed by atoms with van der Waals surface area (Å²) in [5, 5.41) is 5.89. The summed E-state index contributed by atoms with van der Waals surface area (Å²) in [6, 6.07) is 2.75. The monoisotopic (exact) mass is 389 g/mol. The van der Waals surface area contributed by atoms with Crippen LogP contribution in [0, 0.1) is 0 Å².